The molecule has 0 radical (unpaired) electrons. The third kappa shape index (κ3) is 6.81. The van der Waals surface area contributed by atoms with E-state index in [1.54, 1.807) is 0 Å². The van der Waals surface area contributed by atoms with Crippen molar-refractivity contribution in [3.05, 3.63) is 46.6 Å². The summed E-state index contributed by atoms with van der Waals surface area (Å²) in [6.45, 7) is 9.81. The van der Waals surface area contributed by atoms with Crippen molar-refractivity contribution >= 4 is 41.5 Å². The highest BCUT2D eigenvalue weighted by Gasteiger charge is 2.21. The Bertz CT molecular complexity index is 696. The molecular weight excluding hydrogens is 453 g/mol. The molecule has 0 aliphatic carbocycles. The van der Waals surface area contributed by atoms with Gasteiger partial charge in [-0.25, -0.2) is 4.99 Å². The number of nitrogens with one attached hydrogen (secondary N) is 2. The predicted octanol–water partition coefficient (Wildman–Crippen LogP) is 3.89. The van der Waals surface area contributed by atoms with Crippen LogP contribution in [-0.4, -0.2) is 22.6 Å². The minimum atomic E-state index is -0.159. The van der Waals surface area contributed by atoms with Gasteiger partial charge in [0, 0.05) is 17.0 Å². The van der Waals surface area contributed by atoms with Crippen LogP contribution in [0.4, 0.5) is 0 Å². The number of guanidine groups is 1. The quantitative estimate of drug-likeness (QED) is 0.388. The number of aromatic nitrogens is 2. The second kappa shape index (κ2) is 9.96. The molecule has 1 heterocycles. The highest BCUT2D eigenvalue weighted by atomic mass is 127. The number of hydrogen-bond donors (Lipinski definition) is 2. The molecule has 1 aromatic carbocycles. The Morgan fingerprint density at radius 2 is 1.96 bits per heavy atom. The molecule has 2 N–H and O–H groups in total. The Kier molecular flexibility index (Phi) is 8.64. The Labute approximate surface area is 170 Å². The molecule has 0 bridgehead atoms. The van der Waals surface area contributed by atoms with Crippen LogP contribution in [0, 0.1) is 0 Å². The summed E-state index contributed by atoms with van der Waals surface area (Å²) >= 11 is 6.16. The smallest absolute Gasteiger partial charge is 0.232 e. The first kappa shape index (κ1) is 21.7. The van der Waals surface area contributed by atoms with E-state index in [0.29, 0.717) is 35.8 Å². The van der Waals surface area contributed by atoms with E-state index in [1.165, 1.54) is 0 Å². The van der Waals surface area contributed by atoms with Crippen LogP contribution in [0.5, 0.6) is 0 Å². The van der Waals surface area contributed by atoms with Crippen LogP contribution >= 0.6 is 35.6 Å². The Morgan fingerprint density at radius 1 is 1.24 bits per heavy atom. The molecule has 0 fully saturated rings. The van der Waals surface area contributed by atoms with Crippen LogP contribution in [-0.2, 0) is 18.5 Å². The van der Waals surface area contributed by atoms with Crippen molar-refractivity contribution in [3.63, 3.8) is 0 Å². The zero-order valence-electron chi connectivity index (χ0n) is 15.0. The number of rotatable bonds is 5. The summed E-state index contributed by atoms with van der Waals surface area (Å²) in [6, 6.07) is 7.68. The first-order valence-electron chi connectivity index (χ1n) is 7.99. The van der Waals surface area contributed by atoms with E-state index in [2.05, 4.69) is 25.8 Å². The van der Waals surface area contributed by atoms with Gasteiger partial charge in [0.1, 0.15) is 0 Å². The monoisotopic (exact) mass is 477 g/mol. The molecule has 2 rings (SSSR count). The van der Waals surface area contributed by atoms with E-state index >= 15 is 0 Å². The average Bonchev–Trinajstić information content (AvgIpc) is 3.00. The maximum absolute atomic E-state index is 6.16. The van der Waals surface area contributed by atoms with Crippen molar-refractivity contribution in [3.8, 4) is 0 Å². The van der Waals surface area contributed by atoms with Crippen LogP contribution < -0.4 is 10.6 Å². The van der Waals surface area contributed by atoms with E-state index in [9.17, 15) is 0 Å². The van der Waals surface area contributed by atoms with Gasteiger partial charge in [0.25, 0.3) is 0 Å². The topological polar surface area (TPSA) is 75.3 Å². The molecule has 1 aromatic heterocycles. The average molecular weight is 478 g/mol. The largest absolute Gasteiger partial charge is 0.357 e. The van der Waals surface area contributed by atoms with Gasteiger partial charge in [0.2, 0.25) is 5.89 Å². The van der Waals surface area contributed by atoms with Crippen molar-refractivity contribution in [2.24, 2.45) is 4.99 Å². The Hall–Kier alpha value is -1.35. The van der Waals surface area contributed by atoms with Crippen molar-refractivity contribution in [1.82, 2.24) is 20.8 Å². The first-order valence-corrected chi connectivity index (χ1v) is 8.36. The lowest BCUT2D eigenvalue weighted by Crippen LogP contribution is -2.37. The number of nitrogens with zero attached hydrogens (tertiary/aromatic N) is 3. The zero-order chi connectivity index (χ0) is 17.6. The lowest BCUT2D eigenvalue weighted by Gasteiger charge is -2.11. The summed E-state index contributed by atoms with van der Waals surface area (Å²) < 4.78 is 5.29. The molecule has 0 atom stereocenters. The van der Waals surface area contributed by atoms with Crippen LogP contribution in [0.3, 0.4) is 0 Å². The molecular formula is C17H25ClIN5O. The van der Waals surface area contributed by atoms with E-state index in [-0.39, 0.29) is 29.4 Å². The highest BCUT2D eigenvalue weighted by Crippen LogP contribution is 2.19. The minimum Gasteiger partial charge on any atom is -0.357 e. The summed E-state index contributed by atoms with van der Waals surface area (Å²) in [7, 11) is 0. The molecule has 2 aromatic rings. The minimum absolute atomic E-state index is 0. The Balaban J connectivity index is 0.00000312. The molecule has 0 amide bonds. The molecule has 0 aliphatic heterocycles. The lowest BCUT2D eigenvalue weighted by molar-refractivity contribution is 0.318. The standard InChI is InChI=1S/C17H24ClN5O.HI/c1-5-19-16(20-10-12-8-6-7-9-13(12)18)21-11-14-22-15(24-23-14)17(2,3)4;/h6-9H,5,10-11H2,1-4H3,(H2,19,20,21);1H. The molecule has 6 nitrogen and oxygen atoms in total. The molecule has 138 valence electrons. The molecule has 0 spiro atoms. The second-order valence-electron chi connectivity index (χ2n) is 6.41. The van der Waals surface area contributed by atoms with E-state index < -0.39 is 0 Å². The van der Waals surface area contributed by atoms with Gasteiger partial charge < -0.3 is 15.2 Å². The second-order valence-corrected chi connectivity index (χ2v) is 6.81. The van der Waals surface area contributed by atoms with Gasteiger partial charge in [-0.05, 0) is 18.6 Å². The predicted molar refractivity (Wildman–Crippen MR) is 112 cm³/mol. The molecule has 25 heavy (non-hydrogen) atoms. The first-order chi connectivity index (χ1) is 11.4. The number of halogens is 2. The molecule has 0 unspecified atom stereocenters. The molecule has 0 saturated heterocycles. The fraction of sp³-hybridized carbons (Fsp3) is 0.471. The van der Waals surface area contributed by atoms with Crippen LogP contribution in [0.2, 0.25) is 5.02 Å². The van der Waals surface area contributed by atoms with Crippen molar-refractivity contribution in [2.45, 2.75) is 46.2 Å². The normalized spacial score (nSPS) is 11.8. The zero-order valence-corrected chi connectivity index (χ0v) is 18.1. The third-order valence-corrected chi connectivity index (χ3v) is 3.60. The van der Waals surface area contributed by atoms with Crippen LogP contribution in [0.25, 0.3) is 0 Å². The van der Waals surface area contributed by atoms with Gasteiger partial charge in [-0.15, -0.1) is 24.0 Å². The van der Waals surface area contributed by atoms with Gasteiger partial charge in [0.05, 0.1) is 13.1 Å². The maximum Gasteiger partial charge on any atom is 0.232 e. The SMILES string of the molecule is CCNC(=NCc1ccccc1Cl)NCc1noc(C(C)(C)C)n1.I. The third-order valence-electron chi connectivity index (χ3n) is 3.23. The highest BCUT2D eigenvalue weighted by molar-refractivity contribution is 14.0. The number of aliphatic imine (C=N–C) groups is 1. The lowest BCUT2D eigenvalue weighted by atomic mass is 9.97. The van der Waals surface area contributed by atoms with Crippen molar-refractivity contribution in [2.75, 3.05) is 6.54 Å². The van der Waals surface area contributed by atoms with Gasteiger partial charge in [-0.3, -0.25) is 0 Å². The Morgan fingerprint density at radius 3 is 2.56 bits per heavy atom. The van der Waals surface area contributed by atoms with Crippen LogP contribution in [0.1, 0.15) is 45.0 Å². The molecule has 8 heteroatoms. The number of benzene rings is 1. The van der Waals surface area contributed by atoms with Gasteiger partial charge in [-0.1, -0.05) is 55.7 Å². The summed E-state index contributed by atoms with van der Waals surface area (Å²) in [4.78, 5) is 8.94. The number of hydrogen-bond acceptors (Lipinski definition) is 4. The van der Waals surface area contributed by atoms with E-state index in [1.807, 2.05) is 52.0 Å². The molecule has 0 saturated carbocycles. The van der Waals surface area contributed by atoms with Crippen LogP contribution in [0.15, 0.2) is 33.8 Å². The van der Waals surface area contributed by atoms with Crippen molar-refractivity contribution < 1.29 is 4.52 Å². The molecule has 0 aliphatic rings. The fourth-order valence-corrected chi connectivity index (χ4v) is 2.12. The summed E-state index contributed by atoms with van der Waals surface area (Å²) in [6.07, 6.45) is 0. The summed E-state index contributed by atoms with van der Waals surface area (Å²) in [5, 5.41) is 11.1. The summed E-state index contributed by atoms with van der Waals surface area (Å²) in [5.41, 5.74) is 0.819. The fourth-order valence-electron chi connectivity index (χ4n) is 1.93. The summed E-state index contributed by atoms with van der Waals surface area (Å²) in [5.74, 6) is 1.90. The van der Waals surface area contributed by atoms with Gasteiger partial charge in [-0.2, -0.15) is 4.98 Å². The van der Waals surface area contributed by atoms with Gasteiger partial charge >= 0.3 is 0 Å². The van der Waals surface area contributed by atoms with Crippen molar-refractivity contribution in [1.29, 1.82) is 0 Å². The van der Waals surface area contributed by atoms with E-state index in [0.717, 1.165) is 12.1 Å². The van der Waals surface area contributed by atoms with E-state index in [4.69, 9.17) is 16.1 Å². The maximum atomic E-state index is 6.16. The van der Waals surface area contributed by atoms with Gasteiger partial charge in [0.15, 0.2) is 11.8 Å².